The van der Waals surface area contributed by atoms with Crippen molar-refractivity contribution in [3.05, 3.63) is 78.5 Å². The average Bonchev–Trinajstić information content (AvgIpc) is 2.71. The third kappa shape index (κ3) is 5.10. The van der Waals surface area contributed by atoms with Gasteiger partial charge < -0.3 is 0 Å². The molecule has 0 fully saturated rings. The van der Waals surface area contributed by atoms with E-state index in [9.17, 15) is 4.79 Å². The number of fused-ring (bicyclic) bond motifs is 1. The number of hydrogen-bond acceptors (Lipinski definition) is 2. The van der Waals surface area contributed by atoms with Crippen LogP contribution in [0.5, 0.6) is 0 Å². The maximum atomic E-state index is 13.2. The molecule has 0 spiro atoms. The van der Waals surface area contributed by atoms with Crippen LogP contribution in [0.1, 0.15) is 35.3 Å². The third-order valence-corrected chi connectivity index (χ3v) is 5.48. The molecule has 3 heteroatoms. The van der Waals surface area contributed by atoms with Gasteiger partial charge in [0.15, 0.2) is 5.78 Å². The maximum absolute atomic E-state index is 13.2. The number of Topliss-reactive ketones (excluding diaryl/α,β-unsaturated/α-hetero) is 1. The molecule has 2 aromatic carbocycles. The van der Waals surface area contributed by atoms with Gasteiger partial charge in [-0.25, -0.2) is 4.98 Å². The first-order valence-electron chi connectivity index (χ1n) is 10.1. The van der Waals surface area contributed by atoms with Crippen molar-refractivity contribution in [3.8, 4) is 22.7 Å². The van der Waals surface area contributed by atoms with E-state index in [0.717, 1.165) is 34.9 Å². The van der Waals surface area contributed by atoms with Gasteiger partial charge >= 0.3 is 0 Å². The lowest BCUT2D eigenvalue weighted by atomic mass is 9.94. The second kappa shape index (κ2) is 9.02. The summed E-state index contributed by atoms with van der Waals surface area (Å²) in [7, 11) is -1.62. The highest BCUT2D eigenvalue weighted by Crippen LogP contribution is 2.31. The van der Waals surface area contributed by atoms with E-state index < -0.39 is 8.07 Å². The van der Waals surface area contributed by atoms with Gasteiger partial charge in [-0.05, 0) is 18.2 Å². The first-order chi connectivity index (χ1) is 13.9. The molecular weight excluding hydrogens is 370 g/mol. The normalized spacial score (nSPS) is 11.0. The molecule has 3 rings (SSSR count). The molecule has 1 aromatic heterocycles. The number of ketones is 1. The minimum Gasteiger partial charge on any atom is -0.294 e. The van der Waals surface area contributed by atoms with E-state index in [0.29, 0.717) is 17.7 Å². The van der Waals surface area contributed by atoms with Crippen LogP contribution in [0.2, 0.25) is 19.6 Å². The van der Waals surface area contributed by atoms with Crippen LogP contribution in [-0.2, 0) is 0 Å². The maximum Gasteiger partial charge on any atom is 0.166 e. The Morgan fingerprint density at radius 1 is 1.03 bits per heavy atom. The molecule has 1 heterocycles. The predicted molar refractivity (Wildman–Crippen MR) is 126 cm³/mol. The fourth-order valence-electron chi connectivity index (χ4n) is 3.23. The highest BCUT2D eigenvalue weighted by molar-refractivity contribution is 6.83. The molecule has 0 atom stereocenters. The highest BCUT2D eigenvalue weighted by Gasteiger charge is 2.19. The van der Waals surface area contributed by atoms with E-state index in [1.54, 1.807) is 0 Å². The standard InChI is InChI=1S/C26H27NOSi/c1-5-6-8-17-24(28)25-21-15-11-12-16-22(21)26(20-13-9-7-10-14-20)27-23(25)18-19-29(2,3)4/h5,7,9-16H,1,6,8,17H2,2-4H3. The topological polar surface area (TPSA) is 30.0 Å². The first-order valence-corrected chi connectivity index (χ1v) is 13.6. The number of carbonyl (C=O) groups is 1. The lowest BCUT2D eigenvalue weighted by Gasteiger charge is -2.13. The molecule has 0 aliphatic heterocycles. The molecule has 0 N–H and O–H groups in total. The molecule has 0 saturated carbocycles. The monoisotopic (exact) mass is 397 g/mol. The fraction of sp³-hybridized carbons (Fsp3) is 0.231. The summed E-state index contributed by atoms with van der Waals surface area (Å²) in [4.78, 5) is 18.1. The molecule has 0 amide bonds. The lowest BCUT2D eigenvalue weighted by Crippen LogP contribution is -2.17. The second-order valence-corrected chi connectivity index (χ2v) is 12.9. The van der Waals surface area contributed by atoms with Crippen LogP contribution in [0.3, 0.4) is 0 Å². The average molecular weight is 398 g/mol. The number of benzene rings is 2. The zero-order valence-electron chi connectivity index (χ0n) is 17.5. The summed E-state index contributed by atoms with van der Waals surface area (Å²) in [5.41, 5.74) is 6.58. The number of unbranched alkanes of at least 4 members (excludes halogenated alkanes) is 1. The summed E-state index contributed by atoms with van der Waals surface area (Å²) in [6, 6.07) is 18.1. The predicted octanol–water partition coefficient (Wildman–Crippen LogP) is 6.67. The smallest absolute Gasteiger partial charge is 0.166 e. The summed E-state index contributed by atoms with van der Waals surface area (Å²) in [6.45, 7) is 10.4. The number of carbonyl (C=O) groups excluding carboxylic acids is 1. The van der Waals surface area contributed by atoms with Crippen molar-refractivity contribution in [2.75, 3.05) is 0 Å². The Kier molecular flexibility index (Phi) is 6.46. The van der Waals surface area contributed by atoms with Crippen molar-refractivity contribution in [1.29, 1.82) is 0 Å². The second-order valence-electron chi connectivity index (χ2n) is 8.20. The van der Waals surface area contributed by atoms with Crippen molar-refractivity contribution < 1.29 is 4.79 Å². The largest absolute Gasteiger partial charge is 0.294 e. The van der Waals surface area contributed by atoms with Gasteiger partial charge in [0, 0.05) is 17.4 Å². The number of pyridine rings is 1. The van der Waals surface area contributed by atoms with Gasteiger partial charge in [0.25, 0.3) is 0 Å². The van der Waals surface area contributed by atoms with Crippen LogP contribution in [0.15, 0.2) is 67.3 Å². The Labute approximate surface area is 174 Å². The zero-order chi connectivity index (χ0) is 20.9. The van der Waals surface area contributed by atoms with Gasteiger partial charge in [-0.2, -0.15) is 0 Å². The van der Waals surface area contributed by atoms with Crippen molar-refractivity contribution >= 4 is 24.6 Å². The van der Waals surface area contributed by atoms with Gasteiger partial charge in [0.2, 0.25) is 0 Å². The summed E-state index contributed by atoms with van der Waals surface area (Å²) in [5, 5.41) is 1.93. The van der Waals surface area contributed by atoms with Gasteiger partial charge in [0.05, 0.1) is 11.3 Å². The lowest BCUT2D eigenvalue weighted by molar-refractivity contribution is 0.0981. The van der Waals surface area contributed by atoms with Crippen molar-refractivity contribution in [2.24, 2.45) is 0 Å². The van der Waals surface area contributed by atoms with Crippen molar-refractivity contribution in [1.82, 2.24) is 4.98 Å². The number of hydrogen-bond donors (Lipinski definition) is 0. The molecule has 0 aliphatic rings. The Hall–Kier alpha value is -2.96. The molecule has 0 bridgehead atoms. The molecular formula is C26H27NOSi. The SMILES string of the molecule is C=CCCCC(=O)c1c(C#C[Si](C)(C)C)nc(-c2ccccc2)c2ccccc12. The summed E-state index contributed by atoms with van der Waals surface area (Å²) in [5.74, 6) is 3.39. The summed E-state index contributed by atoms with van der Waals surface area (Å²) >= 11 is 0. The minimum atomic E-state index is -1.62. The number of nitrogens with zero attached hydrogens (tertiary/aromatic N) is 1. The molecule has 0 saturated heterocycles. The summed E-state index contributed by atoms with van der Waals surface area (Å²) in [6.07, 6.45) is 3.95. The quantitative estimate of drug-likeness (QED) is 0.153. The molecule has 0 unspecified atom stereocenters. The number of aromatic nitrogens is 1. The van der Waals surface area contributed by atoms with Crippen LogP contribution < -0.4 is 0 Å². The minimum absolute atomic E-state index is 0.107. The third-order valence-electron chi connectivity index (χ3n) is 4.61. The van der Waals surface area contributed by atoms with Crippen LogP contribution in [0.4, 0.5) is 0 Å². The van der Waals surface area contributed by atoms with Crippen LogP contribution in [-0.4, -0.2) is 18.8 Å². The van der Waals surface area contributed by atoms with Gasteiger partial charge in [-0.15, -0.1) is 12.1 Å². The van der Waals surface area contributed by atoms with Crippen LogP contribution in [0.25, 0.3) is 22.0 Å². The summed E-state index contributed by atoms with van der Waals surface area (Å²) < 4.78 is 0. The van der Waals surface area contributed by atoms with Crippen molar-refractivity contribution in [3.63, 3.8) is 0 Å². The Morgan fingerprint density at radius 2 is 1.69 bits per heavy atom. The molecule has 3 aromatic rings. The van der Waals surface area contributed by atoms with E-state index in [1.807, 2.05) is 48.5 Å². The Morgan fingerprint density at radius 3 is 2.34 bits per heavy atom. The van der Waals surface area contributed by atoms with Crippen LogP contribution >= 0.6 is 0 Å². The van der Waals surface area contributed by atoms with E-state index in [1.165, 1.54) is 0 Å². The van der Waals surface area contributed by atoms with Crippen molar-refractivity contribution in [2.45, 2.75) is 38.9 Å². The molecule has 146 valence electrons. The highest BCUT2D eigenvalue weighted by atomic mass is 28.3. The van der Waals surface area contributed by atoms with E-state index in [-0.39, 0.29) is 5.78 Å². The van der Waals surface area contributed by atoms with Gasteiger partial charge in [0.1, 0.15) is 13.8 Å². The van der Waals surface area contributed by atoms with Gasteiger partial charge in [-0.1, -0.05) is 86.2 Å². The Bertz CT molecular complexity index is 1100. The molecule has 0 aliphatic carbocycles. The van der Waals surface area contributed by atoms with E-state index >= 15 is 0 Å². The number of allylic oxidation sites excluding steroid dienone is 1. The molecule has 29 heavy (non-hydrogen) atoms. The molecule has 2 nitrogen and oxygen atoms in total. The molecule has 0 radical (unpaired) electrons. The van der Waals surface area contributed by atoms with Gasteiger partial charge in [-0.3, -0.25) is 4.79 Å². The van der Waals surface area contributed by atoms with Crippen LogP contribution in [0, 0.1) is 11.5 Å². The Balaban J connectivity index is 2.28. The number of rotatable bonds is 6. The zero-order valence-corrected chi connectivity index (χ0v) is 18.5. The van der Waals surface area contributed by atoms with E-state index in [4.69, 9.17) is 4.98 Å². The van der Waals surface area contributed by atoms with E-state index in [2.05, 4.69) is 49.8 Å². The fourth-order valence-corrected chi connectivity index (χ4v) is 3.72. The first kappa shape index (κ1) is 20.8.